The van der Waals surface area contributed by atoms with E-state index in [0.717, 1.165) is 44.5 Å². The SMILES string of the molecule is CCc1nc(N)sc1C(=O)N1CC[C@@]2(CCCN(CCCOC)C2=O)C1. The normalized spacial score (nSPS) is 23.2. The molecule has 2 saturated heterocycles. The summed E-state index contributed by atoms with van der Waals surface area (Å²) >= 11 is 1.25. The molecule has 2 fully saturated rings. The lowest BCUT2D eigenvalue weighted by Crippen LogP contribution is -2.50. The number of piperidine rings is 1. The summed E-state index contributed by atoms with van der Waals surface area (Å²) < 4.78 is 5.10. The number of methoxy groups -OCH3 is 1. The van der Waals surface area contributed by atoms with E-state index in [2.05, 4.69) is 4.98 Å². The van der Waals surface area contributed by atoms with Crippen LogP contribution in [0.5, 0.6) is 0 Å². The van der Waals surface area contributed by atoms with Crippen molar-refractivity contribution in [2.75, 3.05) is 45.6 Å². The van der Waals surface area contributed by atoms with Crippen molar-refractivity contribution in [3.05, 3.63) is 10.6 Å². The maximum atomic E-state index is 13.1. The summed E-state index contributed by atoms with van der Waals surface area (Å²) in [6.45, 7) is 5.30. The monoisotopic (exact) mass is 380 g/mol. The Kier molecular flexibility index (Phi) is 5.82. The van der Waals surface area contributed by atoms with Crippen LogP contribution in [0.25, 0.3) is 0 Å². The van der Waals surface area contributed by atoms with Crippen molar-refractivity contribution in [1.29, 1.82) is 0 Å². The number of anilines is 1. The molecule has 8 heteroatoms. The summed E-state index contributed by atoms with van der Waals surface area (Å²) in [6, 6.07) is 0. The number of hydrogen-bond acceptors (Lipinski definition) is 6. The van der Waals surface area contributed by atoms with Crippen LogP contribution in [0, 0.1) is 5.41 Å². The number of hydrogen-bond donors (Lipinski definition) is 1. The Morgan fingerprint density at radius 2 is 2.19 bits per heavy atom. The summed E-state index contributed by atoms with van der Waals surface area (Å²) in [7, 11) is 1.68. The Balaban J connectivity index is 1.70. The van der Waals surface area contributed by atoms with Crippen LogP contribution in [0.3, 0.4) is 0 Å². The highest BCUT2D eigenvalue weighted by atomic mass is 32.1. The van der Waals surface area contributed by atoms with Gasteiger partial charge >= 0.3 is 0 Å². The second-order valence-corrected chi connectivity index (χ2v) is 8.21. The molecule has 2 aliphatic rings. The highest BCUT2D eigenvalue weighted by Crippen LogP contribution is 2.41. The number of carbonyl (C=O) groups excluding carboxylic acids is 2. The lowest BCUT2D eigenvalue weighted by Gasteiger charge is -2.39. The molecule has 0 radical (unpaired) electrons. The molecule has 2 aliphatic heterocycles. The zero-order valence-electron chi connectivity index (χ0n) is 15.6. The van der Waals surface area contributed by atoms with Crippen molar-refractivity contribution in [2.45, 2.75) is 39.0 Å². The number of thiazole rings is 1. The number of nitrogens with zero attached hydrogens (tertiary/aromatic N) is 3. The molecule has 1 aromatic heterocycles. The van der Waals surface area contributed by atoms with Gasteiger partial charge in [-0.05, 0) is 32.1 Å². The third-order valence-electron chi connectivity index (χ3n) is 5.48. The summed E-state index contributed by atoms with van der Waals surface area (Å²) in [4.78, 5) is 34.7. The second-order valence-electron chi connectivity index (χ2n) is 7.18. The fraction of sp³-hybridized carbons (Fsp3) is 0.722. The maximum absolute atomic E-state index is 13.1. The first kappa shape index (κ1) is 19.1. The van der Waals surface area contributed by atoms with E-state index in [1.54, 1.807) is 7.11 Å². The molecule has 0 aliphatic carbocycles. The van der Waals surface area contributed by atoms with E-state index in [1.807, 2.05) is 16.7 Å². The van der Waals surface area contributed by atoms with Gasteiger partial charge in [0.05, 0.1) is 11.1 Å². The highest BCUT2D eigenvalue weighted by molar-refractivity contribution is 7.17. The van der Waals surface area contributed by atoms with Crippen molar-refractivity contribution in [3.8, 4) is 0 Å². The number of ether oxygens (including phenoxy) is 1. The van der Waals surface area contributed by atoms with E-state index in [0.29, 0.717) is 36.1 Å². The van der Waals surface area contributed by atoms with E-state index >= 15 is 0 Å². The van der Waals surface area contributed by atoms with Gasteiger partial charge in [0, 0.05) is 39.9 Å². The third-order valence-corrected chi connectivity index (χ3v) is 6.40. The minimum atomic E-state index is -0.413. The van der Waals surface area contributed by atoms with E-state index < -0.39 is 5.41 Å². The van der Waals surface area contributed by atoms with Gasteiger partial charge in [0.2, 0.25) is 5.91 Å². The molecule has 144 valence electrons. The summed E-state index contributed by atoms with van der Waals surface area (Å²) in [6.07, 6.45) is 4.13. The van der Waals surface area contributed by atoms with Crippen LogP contribution in [0.1, 0.15) is 48.0 Å². The number of aromatic nitrogens is 1. The second kappa shape index (κ2) is 7.92. The van der Waals surface area contributed by atoms with E-state index in [4.69, 9.17) is 10.5 Å². The molecule has 3 rings (SSSR count). The molecular formula is C18H28N4O3S. The molecule has 3 heterocycles. The van der Waals surface area contributed by atoms with Crippen LogP contribution in [-0.2, 0) is 16.0 Å². The average Bonchev–Trinajstić information content (AvgIpc) is 3.23. The molecule has 1 aromatic rings. The number of aryl methyl sites for hydroxylation is 1. The lowest BCUT2D eigenvalue weighted by atomic mass is 9.78. The van der Waals surface area contributed by atoms with Crippen LogP contribution in [-0.4, -0.2) is 66.5 Å². The summed E-state index contributed by atoms with van der Waals surface area (Å²) in [5, 5.41) is 0.428. The van der Waals surface area contributed by atoms with Crippen LogP contribution >= 0.6 is 11.3 Å². The summed E-state index contributed by atoms with van der Waals surface area (Å²) in [5.41, 5.74) is 6.14. The fourth-order valence-corrected chi connectivity index (χ4v) is 5.00. The van der Waals surface area contributed by atoms with Crippen LogP contribution in [0.2, 0.25) is 0 Å². The smallest absolute Gasteiger partial charge is 0.265 e. The molecule has 0 unspecified atom stereocenters. The molecule has 0 bridgehead atoms. The van der Waals surface area contributed by atoms with Crippen molar-refractivity contribution < 1.29 is 14.3 Å². The molecular weight excluding hydrogens is 352 g/mol. The van der Waals surface area contributed by atoms with Crippen molar-refractivity contribution in [2.24, 2.45) is 5.41 Å². The molecule has 1 atom stereocenters. The first-order valence-electron chi connectivity index (χ1n) is 9.33. The number of likely N-dealkylation sites (tertiary alicyclic amines) is 2. The van der Waals surface area contributed by atoms with Crippen LogP contribution in [0.15, 0.2) is 0 Å². The van der Waals surface area contributed by atoms with Crippen molar-refractivity contribution >= 4 is 28.3 Å². The first-order chi connectivity index (χ1) is 12.5. The number of nitrogens with two attached hydrogens (primary N) is 1. The highest BCUT2D eigenvalue weighted by Gasteiger charge is 2.49. The van der Waals surface area contributed by atoms with Crippen LogP contribution in [0.4, 0.5) is 5.13 Å². The summed E-state index contributed by atoms with van der Waals surface area (Å²) in [5.74, 6) is 0.173. The Morgan fingerprint density at radius 1 is 1.38 bits per heavy atom. The van der Waals surface area contributed by atoms with Gasteiger partial charge < -0.3 is 20.3 Å². The maximum Gasteiger partial charge on any atom is 0.265 e. The van der Waals surface area contributed by atoms with Gasteiger partial charge in [0.25, 0.3) is 5.91 Å². The molecule has 2 N–H and O–H groups in total. The fourth-order valence-electron chi connectivity index (χ4n) is 4.11. The van der Waals surface area contributed by atoms with E-state index in [9.17, 15) is 9.59 Å². The number of nitrogen functional groups attached to an aromatic ring is 1. The quantitative estimate of drug-likeness (QED) is 0.760. The van der Waals surface area contributed by atoms with Gasteiger partial charge in [0.15, 0.2) is 5.13 Å². The van der Waals surface area contributed by atoms with Gasteiger partial charge in [0.1, 0.15) is 4.88 Å². The van der Waals surface area contributed by atoms with Gasteiger partial charge in [-0.1, -0.05) is 18.3 Å². The Hall–Kier alpha value is -1.67. The van der Waals surface area contributed by atoms with Gasteiger partial charge in [-0.2, -0.15) is 0 Å². The minimum Gasteiger partial charge on any atom is -0.385 e. The third kappa shape index (κ3) is 3.57. The lowest BCUT2D eigenvalue weighted by molar-refractivity contribution is -0.145. The van der Waals surface area contributed by atoms with Gasteiger partial charge in [-0.25, -0.2) is 4.98 Å². The Labute approximate surface area is 158 Å². The van der Waals surface area contributed by atoms with Gasteiger partial charge in [-0.15, -0.1) is 0 Å². The predicted octanol–water partition coefficient (Wildman–Crippen LogP) is 1.78. The zero-order chi connectivity index (χ0) is 18.7. The molecule has 0 saturated carbocycles. The molecule has 2 amide bonds. The molecule has 0 aromatic carbocycles. The largest absolute Gasteiger partial charge is 0.385 e. The number of rotatable bonds is 6. The van der Waals surface area contributed by atoms with Crippen LogP contribution < -0.4 is 5.73 Å². The van der Waals surface area contributed by atoms with E-state index in [1.165, 1.54) is 11.3 Å². The molecule has 26 heavy (non-hydrogen) atoms. The molecule has 7 nitrogen and oxygen atoms in total. The molecule has 1 spiro atoms. The number of carbonyl (C=O) groups is 2. The Morgan fingerprint density at radius 3 is 2.92 bits per heavy atom. The first-order valence-corrected chi connectivity index (χ1v) is 10.1. The zero-order valence-corrected chi connectivity index (χ0v) is 16.4. The van der Waals surface area contributed by atoms with E-state index in [-0.39, 0.29) is 11.8 Å². The number of amides is 2. The Bertz CT molecular complexity index is 677. The predicted molar refractivity (Wildman–Crippen MR) is 101 cm³/mol. The van der Waals surface area contributed by atoms with Crippen molar-refractivity contribution in [1.82, 2.24) is 14.8 Å². The van der Waals surface area contributed by atoms with Crippen molar-refractivity contribution in [3.63, 3.8) is 0 Å². The van der Waals surface area contributed by atoms with Gasteiger partial charge in [-0.3, -0.25) is 9.59 Å². The minimum absolute atomic E-state index is 0.0303. The average molecular weight is 381 g/mol. The topological polar surface area (TPSA) is 88.8 Å². The standard InChI is InChI=1S/C18H28N4O3S/c1-3-13-14(26-17(19)20-13)15(23)22-10-7-18(12-22)6-4-8-21(16(18)24)9-5-11-25-2/h3-12H2,1-2H3,(H2,19,20)/t18-/m0/s1.